The van der Waals surface area contributed by atoms with Crippen molar-refractivity contribution in [1.29, 1.82) is 0 Å². The number of primary amides is 1. The molecular formula is C16H15NO3. The van der Waals surface area contributed by atoms with Gasteiger partial charge in [-0.25, -0.2) is 0 Å². The Morgan fingerprint density at radius 1 is 0.800 bits per heavy atom. The van der Waals surface area contributed by atoms with E-state index in [2.05, 4.69) is 0 Å². The second-order valence-corrected chi connectivity index (χ2v) is 4.52. The molecule has 3 N–H and O–H groups in total. The summed E-state index contributed by atoms with van der Waals surface area (Å²) >= 11 is 0. The summed E-state index contributed by atoms with van der Waals surface area (Å²) in [5.41, 5.74) is 6.61. The van der Waals surface area contributed by atoms with Crippen LogP contribution in [0, 0.1) is 0 Å². The average Bonchev–Trinajstić information content (AvgIpc) is 2.45. The molecule has 0 saturated carbocycles. The van der Waals surface area contributed by atoms with Crippen molar-refractivity contribution in [3.05, 3.63) is 71.8 Å². The molecule has 0 bridgehead atoms. The molecule has 20 heavy (non-hydrogen) atoms. The smallest absolute Gasteiger partial charge is 0.312 e. The third-order valence-electron chi connectivity index (χ3n) is 3.22. The van der Waals surface area contributed by atoms with E-state index >= 15 is 0 Å². The molecule has 102 valence electrons. The highest BCUT2D eigenvalue weighted by Gasteiger charge is 2.34. The van der Waals surface area contributed by atoms with Crippen LogP contribution in [0.4, 0.5) is 0 Å². The number of amides is 1. The highest BCUT2D eigenvalue weighted by Crippen LogP contribution is 2.33. The van der Waals surface area contributed by atoms with Gasteiger partial charge < -0.3 is 10.8 Å². The molecule has 4 nitrogen and oxygen atoms in total. The monoisotopic (exact) mass is 269 g/mol. The minimum atomic E-state index is -1.07. The zero-order valence-corrected chi connectivity index (χ0v) is 10.8. The largest absolute Gasteiger partial charge is 0.481 e. The summed E-state index contributed by atoms with van der Waals surface area (Å²) in [5.74, 6) is -3.59. The first-order valence-electron chi connectivity index (χ1n) is 6.23. The van der Waals surface area contributed by atoms with Crippen molar-refractivity contribution in [3.8, 4) is 0 Å². The van der Waals surface area contributed by atoms with E-state index in [-0.39, 0.29) is 0 Å². The van der Waals surface area contributed by atoms with Crippen LogP contribution in [0.2, 0.25) is 0 Å². The highest BCUT2D eigenvalue weighted by molar-refractivity contribution is 5.91. The predicted molar refractivity (Wildman–Crippen MR) is 75.2 cm³/mol. The van der Waals surface area contributed by atoms with Gasteiger partial charge >= 0.3 is 5.97 Å². The fourth-order valence-corrected chi connectivity index (χ4v) is 2.32. The molecule has 2 rings (SSSR count). The Kier molecular flexibility index (Phi) is 4.15. The van der Waals surface area contributed by atoms with Gasteiger partial charge in [-0.2, -0.15) is 0 Å². The highest BCUT2D eigenvalue weighted by atomic mass is 16.4. The van der Waals surface area contributed by atoms with Crippen LogP contribution in [0.5, 0.6) is 0 Å². The third-order valence-corrected chi connectivity index (χ3v) is 3.22. The average molecular weight is 269 g/mol. The van der Waals surface area contributed by atoms with Crippen molar-refractivity contribution in [3.63, 3.8) is 0 Å². The molecule has 4 heteroatoms. The Bertz CT molecular complexity index is 540. The molecule has 1 amide bonds. The van der Waals surface area contributed by atoms with Gasteiger partial charge in [-0.15, -0.1) is 0 Å². The van der Waals surface area contributed by atoms with Gasteiger partial charge in [-0.3, -0.25) is 9.59 Å². The van der Waals surface area contributed by atoms with Crippen LogP contribution in [-0.2, 0) is 9.59 Å². The number of carbonyl (C=O) groups excluding carboxylic acids is 1. The van der Waals surface area contributed by atoms with Crippen LogP contribution in [0.25, 0.3) is 0 Å². The van der Waals surface area contributed by atoms with E-state index in [1.54, 1.807) is 60.7 Å². The first-order valence-corrected chi connectivity index (χ1v) is 6.23. The molecule has 0 aliphatic carbocycles. The Labute approximate surface area is 116 Å². The molecule has 0 fully saturated rings. The molecule has 2 aromatic rings. The van der Waals surface area contributed by atoms with Crippen molar-refractivity contribution in [2.24, 2.45) is 5.73 Å². The molecule has 2 atom stereocenters. The fraction of sp³-hybridized carbons (Fsp3) is 0.125. The van der Waals surface area contributed by atoms with Gasteiger partial charge in [0.25, 0.3) is 0 Å². The van der Waals surface area contributed by atoms with E-state index in [1.807, 2.05) is 0 Å². The van der Waals surface area contributed by atoms with Gasteiger partial charge in [-0.05, 0) is 11.1 Å². The molecule has 0 aliphatic heterocycles. The third kappa shape index (κ3) is 2.85. The summed E-state index contributed by atoms with van der Waals surface area (Å²) in [4.78, 5) is 23.4. The molecule has 0 aromatic heterocycles. The summed E-state index contributed by atoms with van der Waals surface area (Å²) in [6.07, 6.45) is 0. The molecule has 0 saturated heterocycles. The summed E-state index contributed by atoms with van der Waals surface area (Å²) in [7, 11) is 0. The number of aliphatic carboxylic acids is 1. The Morgan fingerprint density at radius 2 is 1.20 bits per heavy atom. The molecule has 0 spiro atoms. The normalized spacial score (nSPS) is 13.4. The topological polar surface area (TPSA) is 80.4 Å². The van der Waals surface area contributed by atoms with E-state index in [9.17, 15) is 14.7 Å². The number of hydrogen-bond donors (Lipinski definition) is 2. The van der Waals surface area contributed by atoms with Gasteiger partial charge in [0.2, 0.25) is 5.91 Å². The van der Waals surface area contributed by atoms with Crippen LogP contribution in [0.3, 0.4) is 0 Å². The zero-order chi connectivity index (χ0) is 14.5. The number of hydrogen-bond acceptors (Lipinski definition) is 2. The predicted octanol–water partition coefficient (Wildman–Crippen LogP) is 2.12. The first kappa shape index (κ1) is 13.8. The van der Waals surface area contributed by atoms with E-state index in [4.69, 9.17) is 5.73 Å². The van der Waals surface area contributed by atoms with Crippen LogP contribution >= 0.6 is 0 Å². The van der Waals surface area contributed by atoms with E-state index in [0.29, 0.717) is 11.1 Å². The van der Waals surface area contributed by atoms with Crippen LogP contribution in [0.1, 0.15) is 23.0 Å². The van der Waals surface area contributed by atoms with Gasteiger partial charge in [0.15, 0.2) is 0 Å². The maximum absolute atomic E-state index is 11.8. The Morgan fingerprint density at radius 3 is 1.55 bits per heavy atom. The molecule has 0 unspecified atom stereocenters. The van der Waals surface area contributed by atoms with E-state index < -0.39 is 23.7 Å². The summed E-state index contributed by atoms with van der Waals surface area (Å²) in [6, 6.07) is 17.4. The molecule has 0 heterocycles. The lowest BCUT2D eigenvalue weighted by Crippen LogP contribution is -2.31. The second-order valence-electron chi connectivity index (χ2n) is 4.52. The lowest BCUT2D eigenvalue weighted by Gasteiger charge is -2.22. The maximum atomic E-state index is 11.8. The summed E-state index contributed by atoms with van der Waals surface area (Å²) < 4.78 is 0. The van der Waals surface area contributed by atoms with Crippen LogP contribution in [-0.4, -0.2) is 17.0 Å². The molecule has 2 aromatic carbocycles. The summed E-state index contributed by atoms with van der Waals surface area (Å²) in [5, 5.41) is 9.50. The Hall–Kier alpha value is -2.62. The quantitative estimate of drug-likeness (QED) is 0.872. The standard InChI is InChI=1S/C16H15NO3/c17-15(18)13(11-7-3-1-4-8-11)14(16(19)20)12-9-5-2-6-10-12/h1-10,13-14H,(H2,17,18)(H,19,20)/t13-,14+/m1/s1. The number of benzene rings is 2. The van der Waals surface area contributed by atoms with Crippen molar-refractivity contribution < 1.29 is 14.7 Å². The number of carbonyl (C=O) groups is 2. The van der Waals surface area contributed by atoms with Gasteiger partial charge in [0.1, 0.15) is 0 Å². The van der Waals surface area contributed by atoms with Gasteiger partial charge in [-0.1, -0.05) is 60.7 Å². The van der Waals surface area contributed by atoms with Crippen molar-refractivity contribution in [2.75, 3.05) is 0 Å². The lowest BCUT2D eigenvalue weighted by atomic mass is 9.81. The van der Waals surface area contributed by atoms with E-state index in [0.717, 1.165) is 0 Å². The second kappa shape index (κ2) is 6.02. The van der Waals surface area contributed by atoms with Gasteiger partial charge in [0, 0.05) is 0 Å². The van der Waals surface area contributed by atoms with Crippen LogP contribution in [0.15, 0.2) is 60.7 Å². The van der Waals surface area contributed by atoms with E-state index in [1.165, 1.54) is 0 Å². The molecular weight excluding hydrogens is 254 g/mol. The minimum Gasteiger partial charge on any atom is -0.481 e. The molecule has 0 radical (unpaired) electrons. The lowest BCUT2D eigenvalue weighted by molar-refractivity contribution is -0.141. The molecule has 0 aliphatic rings. The maximum Gasteiger partial charge on any atom is 0.312 e. The number of rotatable bonds is 5. The Balaban J connectivity index is 2.50. The number of carboxylic acids is 1. The van der Waals surface area contributed by atoms with Crippen molar-refractivity contribution in [1.82, 2.24) is 0 Å². The zero-order valence-electron chi connectivity index (χ0n) is 10.8. The van der Waals surface area contributed by atoms with Crippen LogP contribution < -0.4 is 5.73 Å². The fourth-order valence-electron chi connectivity index (χ4n) is 2.32. The minimum absolute atomic E-state index is 0.563. The van der Waals surface area contributed by atoms with Crippen molar-refractivity contribution in [2.45, 2.75) is 11.8 Å². The van der Waals surface area contributed by atoms with Crippen molar-refractivity contribution >= 4 is 11.9 Å². The SMILES string of the molecule is NC(=O)[C@H](c1ccccc1)[C@@H](C(=O)O)c1ccccc1. The summed E-state index contributed by atoms with van der Waals surface area (Å²) in [6.45, 7) is 0. The number of carboxylic acid groups (broad SMARTS) is 1. The first-order chi connectivity index (χ1) is 9.61. The van der Waals surface area contributed by atoms with Gasteiger partial charge in [0.05, 0.1) is 11.8 Å². The number of nitrogens with two attached hydrogens (primary N) is 1.